The number of carbonyl (C=O) groups is 2. The number of hydrogen-bond donors (Lipinski definition) is 2. The largest absolute Gasteiger partial charge is 0.378 e. The molecule has 2 amide bonds. The third-order valence-electron chi connectivity index (χ3n) is 4.79. The average molecular weight is 403 g/mol. The van der Waals surface area contributed by atoms with Crippen molar-refractivity contribution in [1.29, 1.82) is 0 Å². The highest BCUT2D eigenvalue weighted by atomic mass is 35.5. The molecule has 146 valence electrons. The van der Waals surface area contributed by atoms with Gasteiger partial charge in [0.1, 0.15) is 10.7 Å². The molecule has 3 heterocycles. The highest BCUT2D eigenvalue weighted by Gasteiger charge is 2.27. The van der Waals surface area contributed by atoms with Crippen molar-refractivity contribution in [2.24, 2.45) is 5.92 Å². The van der Waals surface area contributed by atoms with Gasteiger partial charge in [-0.15, -0.1) is 23.7 Å². The molecule has 3 rings (SSSR count). The predicted octanol–water partition coefficient (Wildman–Crippen LogP) is 1.43. The summed E-state index contributed by atoms with van der Waals surface area (Å²) in [5.74, 6) is 0.372. The maximum Gasteiger partial charge on any atom is 0.273 e. The molecular weight excluding hydrogens is 376 g/mol. The van der Waals surface area contributed by atoms with Crippen molar-refractivity contribution >= 4 is 35.6 Å². The number of thiazole rings is 1. The number of rotatable bonds is 6. The first-order valence-corrected chi connectivity index (χ1v) is 9.79. The van der Waals surface area contributed by atoms with Crippen LogP contribution in [0.2, 0.25) is 0 Å². The highest BCUT2D eigenvalue weighted by molar-refractivity contribution is 7.09. The van der Waals surface area contributed by atoms with E-state index < -0.39 is 0 Å². The van der Waals surface area contributed by atoms with Crippen LogP contribution >= 0.6 is 23.7 Å². The Morgan fingerprint density at radius 3 is 3.00 bits per heavy atom. The van der Waals surface area contributed by atoms with Crippen LogP contribution in [0.25, 0.3) is 0 Å². The molecule has 2 unspecified atom stereocenters. The fourth-order valence-electron chi connectivity index (χ4n) is 3.45. The Hall–Kier alpha value is -1.22. The quantitative estimate of drug-likeness (QED) is 0.752. The lowest BCUT2D eigenvalue weighted by molar-refractivity contribution is -0.123. The minimum absolute atomic E-state index is 0. The number of nitrogens with one attached hydrogen (secondary N) is 2. The van der Waals surface area contributed by atoms with E-state index in [1.165, 1.54) is 11.3 Å². The molecule has 2 atom stereocenters. The smallest absolute Gasteiger partial charge is 0.273 e. The number of hydrogen-bond acceptors (Lipinski definition) is 6. The van der Waals surface area contributed by atoms with Gasteiger partial charge in [0.15, 0.2) is 0 Å². The average Bonchev–Trinajstić information content (AvgIpc) is 3.31. The SMILES string of the molecule is COCc1nc(C(=O)N2CCCC(CNC(=O)C3CCCN3)C2)cs1.Cl. The Labute approximate surface area is 164 Å². The molecule has 0 saturated carbocycles. The van der Waals surface area contributed by atoms with E-state index in [0.29, 0.717) is 31.3 Å². The van der Waals surface area contributed by atoms with Gasteiger partial charge in [-0.05, 0) is 38.1 Å². The summed E-state index contributed by atoms with van der Waals surface area (Å²) in [5.41, 5.74) is 0.497. The van der Waals surface area contributed by atoms with Crippen LogP contribution < -0.4 is 10.6 Å². The van der Waals surface area contributed by atoms with Crippen LogP contribution in [-0.2, 0) is 16.1 Å². The first-order chi connectivity index (χ1) is 12.2. The molecule has 0 radical (unpaired) electrons. The lowest BCUT2D eigenvalue weighted by Gasteiger charge is -2.32. The van der Waals surface area contributed by atoms with Crippen LogP contribution in [0.4, 0.5) is 0 Å². The van der Waals surface area contributed by atoms with Gasteiger partial charge in [0.05, 0.1) is 12.6 Å². The summed E-state index contributed by atoms with van der Waals surface area (Å²) in [5, 5.41) is 8.87. The van der Waals surface area contributed by atoms with Gasteiger partial charge in [-0.1, -0.05) is 0 Å². The molecular formula is C17H27ClN4O3S. The first kappa shape index (κ1) is 21.1. The molecule has 0 bridgehead atoms. The molecule has 0 aromatic carbocycles. The van der Waals surface area contributed by atoms with E-state index >= 15 is 0 Å². The Kier molecular flexibility index (Phi) is 8.27. The van der Waals surface area contributed by atoms with Gasteiger partial charge in [-0.2, -0.15) is 0 Å². The summed E-state index contributed by atoms with van der Waals surface area (Å²) < 4.78 is 5.06. The zero-order valence-corrected chi connectivity index (χ0v) is 16.7. The summed E-state index contributed by atoms with van der Waals surface area (Å²) in [6, 6.07) is -0.0458. The molecule has 2 aliphatic rings. The van der Waals surface area contributed by atoms with E-state index in [0.717, 1.165) is 43.8 Å². The van der Waals surface area contributed by atoms with Crippen molar-refractivity contribution in [1.82, 2.24) is 20.5 Å². The Morgan fingerprint density at radius 2 is 2.27 bits per heavy atom. The third kappa shape index (κ3) is 5.39. The number of aromatic nitrogens is 1. The van der Waals surface area contributed by atoms with Crippen LogP contribution in [0.15, 0.2) is 5.38 Å². The monoisotopic (exact) mass is 402 g/mol. The van der Waals surface area contributed by atoms with E-state index in [4.69, 9.17) is 4.74 Å². The van der Waals surface area contributed by atoms with Gasteiger partial charge in [-0.3, -0.25) is 9.59 Å². The number of methoxy groups -OCH3 is 1. The van der Waals surface area contributed by atoms with Crippen molar-refractivity contribution in [3.8, 4) is 0 Å². The van der Waals surface area contributed by atoms with E-state index in [2.05, 4.69) is 15.6 Å². The normalized spacial score (nSPS) is 22.7. The van der Waals surface area contributed by atoms with Crippen molar-refractivity contribution in [2.75, 3.05) is 33.3 Å². The third-order valence-corrected chi connectivity index (χ3v) is 5.61. The molecule has 2 N–H and O–H groups in total. The van der Waals surface area contributed by atoms with Crippen LogP contribution in [0.1, 0.15) is 41.2 Å². The van der Waals surface area contributed by atoms with Crippen molar-refractivity contribution in [3.05, 3.63) is 16.1 Å². The molecule has 1 aromatic heterocycles. The number of carbonyl (C=O) groups excluding carboxylic acids is 2. The van der Waals surface area contributed by atoms with Gasteiger partial charge >= 0.3 is 0 Å². The summed E-state index contributed by atoms with van der Waals surface area (Å²) in [7, 11) is 1.62. The Balaban J connectivity index is 0.00000243. The topological polar surface area (TPSA) is 83.6 Å². The van der Waals surface area contributed by atoms with E-state index in [1.807, 2.05) is 4.90 Å². The Morgan fingerprint density at radius 1 is 1.42 bits per heavy atom. The molecule has 2 fully saturated rings. The minimum atomic E-state index is -0.0458. The van der Waals surface area contributed by atoms with Crippen LogP contribution in [0, 0.1) is 5.92 Å². The van der Waals surface area contributed by atoms with E-state index in [9.17, 15) is 9.59 Å². The fraction of sp³-hybridized carbons (Fsp3) is 0.706. The highest BCUT2D eigenvalue weighted by Crippen LogP contribution is 2.20. The molecule has 2 saturated heterocycles. The van der Waals surface area contributed by atoms with Gasteiger partial charge < -0.3 is 20.3 Å². The molecule has 0 spiro atoms. The zero-order valence-electron chi connectivity index (χ0n) is 15.0. The maximum atomic E-state index is 12.6. The maximum absolute atomic E-state index is 12.6. The van der Waals surface area contributed by atoms with Crippen molar-refractivity contribution in [2.45, 2.75) is 38.3 Å². The second-order valence-electron chi connectivity index (χ2n) is 6.71. The second-order valence-corrected chi connectivity index (χ2v) is 7.66. The number of likely N-dealkylation sites (tertiary alicyclic amines) is 1. The second kappa shape index (κ2) is 10.2. The van der Waals surface area contributed by atoms with Gasteiger partial charge in [0, 0.05) is 32.1 Å². The predicted molar refractivity (Wildman–Crippen MR) is 103 cm³/mol. The number of halogens is 1. The standard InChI is InChI=1S/C17H26N4O3S.ClH/c1-24-10-15-20-14(11-25-15)17(23)21-7-3-4-12(9-21)8-19-16(22)13-5-2-6-18-13;/h11-13,18H,2-10H2,1H3,(H,19,22);1H. The molecule has 26 heavy (non-hydrogen) atoms. The van der Waals surface area contributed by atoms with Gasteiger partial charge in [0.2, 0.25) is 5.91 Å². The summed E-state index contributed by atoms with van der Waals surface area (Å²) in [6.07, 6.45) is 3.97. The van der Waals surface area contributed by atoms with Crippen LogP contribution in [0.3, 0.4) is 0 Å². The summed E-state index contributed by atoms with van der Waals surface area (Å²) >= 11 is 1.45. The number of piperidine rings is 1. The van der Waals surface area contributed by atoms with Gasteiger partial charge in [0.25, 0.3) is 5.91 Å². The number of nitrogens with zero attached hydrogens (tertiary/aromatic N) is 2. The summed E-state index contributed by atoms with van der Waals surface area (Å²) in [4.78, 5) is 31.0. The molecule has 2 aliphatic heterocycles. The fourth-order valence-corrected chi connectivity index (χ4v) is 4.19. The van der Waals surface area contributed by atoms with Crippen molar-refractivity contribution in [3.63, 3.8) is 0 Å². The van der Waals surface area contributed by atoms with Crippen LogP contribution in [-0.4, -0.2) is 61.0 Å². The van der Waals surface area contributed by atoms with Crippen LogP contribution in [0.5, 0.6) is 0 Å². The molecule has 9 heteroatoms. The first-order valence-electron chi connectivity index (χ1n) is 8.91. The summed E-state index contributed by atoms with van der Waals surface area (Å²) in [6.45, 7) is 3.41. The number of ether oxygens (including phenoxy) is 1. The van der Waals surface area contributed by atoms with Crippen molar-refractivity contribution < 1.29 is 14.3 Å². The molecule has 1 aromatic rings. The number of amides is 2. The molecule has 7 nitrogen and oxygen atoms in total. The Bertz CT molecular complexity index is 607. The van der Waals surface area contributed by atoms with Gasteiger partial charge in [-0.25, -0.2) is 4.98 Å². The lowest BCUT2D eigenvalue weighted by atomic mass is 9.97. The zero-order chi connectivity index (χ0) is 17.6. The van der Waals surface area contributed by atoms with E-state index in [-0.39, 0.29) is 30.3 Å². The minimum Gasteiger partial charge on any atom is -0.378 e. The lowest BCUT2D eigenvalue weighted by Crippen LogP contribution is -2.46. The molecule has 0 aliphatic carbocycles. The van der Waals surface area contributed by atoms with E-state index in [1.54, 1.807) is 12.5 Å².